The number of ketones is 2. The number of aliphatic hydroxyl groups excluding tert-OH is 3. The van der Waals surface area contributed by atoms with E-state index < -0.39 is 139 Å². The predicted octanol–water partition coefficient (Wildman–Crippen LogP) is 3.99. The van der Waals surface area contributed by atoms with Crippen LogP contribution < -0.4 is 37.6 Å². The monoisotopic (exact) mass is 1640 g/mol. The van der Waals surface area contributed by atoms with Crippen molar-refractivity contribution in [2.45, 2.75) is 230 Å². The van der Waals surface area contributed by atoms with Gasteiger partial charge in [0.15, 0.2) is 30.5 Å². The van der Waals surface area contributed by atoms with Crippen LogP contribution in [0.25, 0.3) is 0 Å². The Bertz CT molecular complexity index is 3850. The molecule has 5 fully saturated rings. The van der Waals surface area contributed by atoms with Crippen molar-refractivity contribution in [1.82, 2.24) is 46.5 Å². The molecule has 0 bridgehead atoms. The zero-order chi connectivity index (χ0) is 84.0. The number of primary amides is 1. The number of nitrogens with zero attached hydrogens (tertiary/aromatic N) is 4. The number of amides is 9. The fraction of sp³-hybridized carbons (Fsp3) is 0.695. The van der Waals surface area contributed by atoms with Crippen molar-refractivity contribution in [3.8, 4) is 0 Å². The summed E-state index contributed by atoms with van der Waals surface area (Å²) in [6.07, 6.45) is 10.2. The molecule has 35 heteroatoms. The quantitative estimate of drug-likeness (QED) is 0.0255. The van der Waals surface area contributed by atoms with Crippen LogP contribution in [0.1, 0.15) is 180 Å². The van der Waals surface area contributed by atoms with Crippen molar-refractivity contribution < 1.29 is 115 Å². The summed E-state index contributed by atoms with van der Waals surface area (Å²) in [7, 11) is 0. The lowest BCUT2D eigenvalue weighted by Crippen LogP contribution is -2.60. The number of carbonyl (C=O) groups excluding carboxylic acids is 11. The van der Waals surface area contributed by atoms with Crippen LogP contribution >= 0.6 is 0 Å². The van der Waals surface area contributed by atoms with Gasteiger partial charge >= 0.3 is 12.2 Å². The Labute approximate surface area is 681 Å². The summed E-state index contributed by atoms with van der Waals surface area (Å²) in [5.41, 5.74) is 6.30. The van der Waals surface area contributed by atoms with Crippen molar-refractivity contribution in [2.75, 3.05) is 97.6 Å². The van der Waals surface area contributed by atoms with Crippen molar-refractivity contribution >= 4 is 70.8 Å². The summed E-state index contributed by atoms with van der Waals surface area (Å²) in [5.74, 6) is -4.78. The number of carbonyl (C=O) groups is 11. The molecule has 2 saturated heterocycles. The standard InChI is InChI=1S/C82H119N11O24/c1-7-14-69-116-64-44-57-55-24-21-52-43-54(95)27-30-80(52,5)56(55)28-31-81(57,6)82(64,117-69)63(96)47-114-79(107)113-46-51-19-22-53(23-20-51)86-74(103)59(16-13-33-85-78(83)106)88-76(105)70(49(2)3)89-75(104)58(87-65(97)29-35-108-37-39-110-41-42-111-40-38-109-36-34-92-67(99)25-26-68(92)100)15-11-12-32-84-66(98)48-112-61-18-10-8-9-17-60-71(61)90-91-93(60)77-50(4)72(101)73(102)62(45-94)115-77/h19-20,22-23,25-27,30,43,49-50,55-59,61-62,64,69-70,72-73,77,94,101-102H,7-18,21,24,28-29,31-42,44-48H2,1-6H3,(H,84,98)(H,86,103)(H,87,97)(H,88,105)(H,89,104)(H3,83,85,106)/t50-,55-,56+,57+,58-,59+,61?,62-,64-,69?,70+,72-,73+,77?,80+,81+,82-/m1/s1. The van der Waals surface area contributed by atoms with Gasteiger partial charge in [-0.2, -0.15) is 0 Å². The lowest BCUT2D eigenvalue weighted by molar-refractivity contribution is -0.231. The molecule has 11 N–H and O–H groups in total. The first kappa shape index (κ1) is 90.8. The second kappa shape index (κ2) is 43.0. The molecule has 35 nitrogen and oxygen atoms in total. The third-order valence-electron chi connectivity index (χ3n) is 24.3. The Morgan fingerprint density at radius 1 is 0.726 bits per heavy atom. The molecule has 1 aromatic carbocycles. The van der Waals surface area contributed by atoms with Gasteiger partial charge in [0.1, 0.15) is 55.3 Å². The number of allylic oxidation sites excluding steroid dienone is 4. The molecule has 2 aromatic rings. The summed E-state index contributed by atoms with van der Waals surface area (Å²) in [6.45, 7) is 11.5. The van der Waals surface area contributed by atoms with Crippen molar-refractivity contribution in [3.05, 3.63) is 77.2 Å². The van der Waals surface area contributed by atoms with E-state index in [0.29, 0.717) is 67.6 Å². The number of imide groups is 1. The van der Waals surface area contributed by atoms with Gasteiger partial charge in [0.25, 0.3) is 11.8 Å². The summed E-state index contributed by atoms with van der Waals surface area (Å²) < 4.78 is 60.4. The molecule has 4 heterocycles. The minimum Gasteiger partial charge on any atom is -0.429 e. The largest absolute Gasteiger partial charge is 0.509 e. The number of anilines is 1. The van der Waals surface area contributed by atoms with E-state index in [9.17, 15) is 68.1 Å². The van der Waals surface area contributed by atoms with Crippen LogP contribution in [-0.2, 0) is 104 Å². The highest BCUT2D eigenvalue weighted by molar-refractivity contribution is 6.13. The average molecular weight is 1640 g/mol. The summed E-state index contributed by atoms with van der Waals surface area (Å²) in [4.78, 5) is 147. The second-order valence-corrected chi connectivity index (χ2v) is 32.3. The number of aromatic nitrogens is 3. The smallest absolute Gasteiger partial charge is 0.429 e. The molecule has 0 spiro atoms. The predicted molar refractivity (Wildman–Crippen MR) is 417 cm³/mol. The van der Waals surface area contributed by atoms with Gasteiger partial charge in [-0.15, -0.1) is 5.10 Å². The molecule has 0 radical (unpaired) electrons. The van der Waals surface area contributed by atoms with Gasteiger partial charge in [-0.25, -0.2) is 14.3 Å². The van der Waals surface area contributed by atoms with Crippen LogP contribution in [0.5, 0.6) is 0 Å². The maximum atomic E-state index is 14.8. The van der Waals surface area contributed by atoms with Gasteiger partial charge in [-0.05, 0) is 143 Å². The van der Waals surface area contributed by atoms with Gasteiger partial charge in [0.05, 0.1) is 83.9 Å². The highest BCUT2D eigenvalue weighted by Crippen LogP contribution is 2.70. The number of hydrogen-bond donors (Lipinski definition) is 10. The molecule has 117 heavy (non-hydrogen) atoms. The van der Waals surface area contributed by atoms with Gasteiger partial charge in [0, 0.05) is 54.1 Å². The number of Topliss-reactive ketones (excluding diaryl/α,β-unsaturated/α-hetero) is 1. The van der Waals surface area contributed by atoms with Crippen molar-refractivity contribution in [1.29, 1.82) is 0 Å². The van der Waals surface area contributed by atoms with E-state index in [1.165, 1.54) is 12.2 Å². The lowest BCUT2D eigenvalue weighted by Gasteiger charge is -2.58. The number of urea groups is 1. The number of hydrogen-bond acceptors (Lipinski definition) is 26. The summed E-state index contributed by atoms with van der Waals surface area (Å²) in [5, 5.41) is 56.6. The Kier molecular flexibility index (Phi) is 33.3. The maximum absolute atomic E-state index is 14.8. The lowest BCUT2D eigenvalue weighted by atomic mass is 9.47. The molecule has 10 rings (SSSR count). The van der Waals surface area contributed by atoms with Crippen molar-refractivity contribution in [2.24, 2.45) is 46.2 Å². The van der Waals surface area contributed by atoms with Crippen LogP contribution in [-0.4, -0.2) is 247 Å². The third-order valence-corrected chi connectivity index (χ3v) is 24.3. The number of unbranched alkanes of at least 4 members (excludes halogenated alkanes) is 1. The number of ether oxygens (including phenoxy) is 10. The highest BCUT2D eigenvalue weighted by Gasteiger charge is 2.75. The highest BCUT2D eigenvalue weighted by atomic mass is 16.8. The zero-order valence-corrected chi connectivity index (χ0v) is 68.0. The Hall–Kier alpha value is -8.49. The fourth-order valence-electron chi connectivity index (χ4n) is 17.9. The topological polar surface area (TPSA) is 473 Å². The third kappa shape index (κ3) is 22.9. The Balaban J connectivity index is 0.707. The van der Waals surface area contributed by atoms with Gasteiger partial charge < -0.3 is 100 Å². The summed E-state index contributed by atoms with van der Waals surface area (Å²) >= 11 is 0. The van der Waals surface area contributed by atoms with Gasteiger partial charge in [0.2, 0.25) is 35.3 Å². The molecule has 3 unspecified atom stereocenters. The van der Waals surface area contributed by atoms with E-state index in [2.05, 4.69) is 62.1 Å². The first-order chi connectivity index (χ1) is 56.2. The SMILES string of the molecule is CCCC1O[C@@H]2C[C@H]3[C@@H]4CCC5=CC(=O)C=C[C@]5(C)[C@H]4CC[C@]3(C)[C@]2(C(=O)COC(=O)OCc2ccc(NC(=O)[C@H](CCCNC(N)=O)NC(=O)[C@@H](NC(=O)[C@@H](CCCCNC(=O)COC3CCCCCc4c3nnn4C3O[C@H](CO)[C@H](O)[C@H](O)[C@H]3C)NC(=O)CCOCCOCCOCCOCCN3C(=O)C=CC3=O)C(C)C)cc2)O1. The molecule has 8 aliphatic rings. The molecule has 3 saturated carbocycles. The molecule has 1 aromatic heterocycles. The Morgan fingerprint density at radius 2 is 1.42 bits per heavy atom. The molecular formula is C82H119N11O24. The molecule has 5 aliphatic carbocycles. The van der Waals surface area contributed by atoms with E-state index in [1.807, 2.05) is 6.92 Å². The van der Waals surface area contributed by atoms with Crippen LogP contribution in [0.3, 0.4) is 0 Å². The van der Waals surface area contributed by atoms with E-state index in [4.69, 9.17) is 53.1 Å². The number of nitrogens with one attached hydrogen (secondary N) is 6. The van der Waals surface area contributed by atoms with Crippen molar-refractivity contribution in [3.63, 3.8) is 0 Å². The number of nitrogens with two attached hydrogens (primary N) is 1. The molecule has 9 amide bonds. The van der Waals surface area contributed by atoms with E-state index in [1.54, 1.807) is 61.9 Å². The molecule has 17 atom stereocenters. The van der Waals surface area contributed by atoms with Gasteiger partial charge in [-0.1, -0.05) is 89.8 Å². The van der Waals surface area contributed by atoms with E-state index in [-0.39, 0.29) is 158 Å². The number of fused-ring (bicyclic) bond motifs is 8. The van der Waals surface area contributed by atoms with Crippen LogP contribution in [0.2, 0.25) is 0 Å². The number of aliphatic hydroxyl groups is 3. The minimum absolute atomic E-state index is 0.00342. The average Bonchev–Trinajstić information content (AvgIpc) is 1.52. The van der Waals surface area contributed by atoms with E-state index >= 15 is 0 Å². The molecular weight excluding hydrogens is 1520 g/mol. The molecule has 646 valence electrons. The fourth-order valence-corrected chi connectivity index (χ4v) is 17.9. The number of rotatable bonds is 44. The second-order valence-electron chi connectivity index (χ2n) is 32.3. The zero-order valence-electron chi connectivity index (χ0n) is 68.0. The summed E-state index contributed by atoms with van der Waals surface area (Å²) in [6, 6.07) is 1.82. The first-order valence-electron chi connectivity index (χ1n) is 41.4. The first-order valence-corrected chi connectivity index (χ1v) is 41.4. The normalized spacial score (nSPS) is 27.8. The molecule has 3 aliphatic heterocycles. The minimum atomic E-state index is -1.35. The van der Waals surface area contributed by atoms with Crippen LogP contribution in [0.15, 0.2) is 60.2 Å². The Morgan fingerprint density at radius 3 is 2.12 bits per heavy atom. The van der Waals surface area contributed by atoms with Crippen LogP contribution in [0.4, 0.5) is 15.3 Å². The maximum Gasteiger partial charge on any atom is 0.509 e. The van der Waals surface area contributed by atoms with Gasteiger partial charge in [-0.3, -0.25) is 48.1 Å². The van der Waals surface area contributed by atoms with E-state index in [0.717, 1.165) is 55.4 Å². The van der Waals surface area contributed by atoms with Crippen LogP contribution in [0, 0.1) is 40.4 Å². The number of benzene rings is 1.